The summed E-state index contributed by atoms with van der Waals surface area (Å²) in [5.41, 5.74) is 1.59. The molecule has 0 aliphatic heterocycles. The highest BCUT2D eigenvalue weighted by Gasteiger charge is 2.16. The molecule has 8 heteroatoms. The lowest BCUT2D eigenvalue weighted by Crippen LogP contribution is -2.31. The van der Waals surface area contributed by atoms with Gasteiger partial charge < -0.3 is 10.1 Å². The van der Waals surface area contributed by atoms with Crippen LogP contribution < -0.4 is 5.32 Å². The van der Waals surface area contributed by atoms with Crippen molar-refractivity contribution >= 4 is 23.5 Å². The van der Waals surface area contributed by atoms with E-state index in [9.17, 15) is 9.59 Å². The van der Waals surface area contributed by atoms with E-state index in [0.29, 0.717) is 10.7 Å². The minimum Gasteiger partial charge on any atom is -0.451 e. The molecule has 1 aromatic heterocycles. The van der Waals surface area contributed by atoms with Crippen molar-refractivity contribution in [3.05, 3.63) is 77.1 Å². The quantitative estimate of drug-likeness (QED) is 0.660. The van der Waals surface area contributed by atoms with E-state index in [0.717, 1.165) is 5.56 Å². The summed E-state index contributed by atoms with van der Waals surface area (Å²) in [4.78, 5) is 25.4. The summed E-state index contributed by atoms with van der Waals surface area (Å²) in [5, 5.41) is 11.4. The largest absolute Gasteiger partial charge is 0.451 e. The Kier molecular flexibility index (Phi) is 5.83. The average Bonchev–Trinajstić information content (AvgIpc) is 3.17. The van der Waals surface area contributed by atoms with Crippen molar-refractivity contribution in [2.75, 3.05) is 6.61 Å². The number of ether oxygens (including phenoxy) is 1. The lowest BCUT2D eigenvalue weighted by molar-refractivity contribution is -0.124. The Morgan fingerprint density at radius 3 is 2.70 bits per heavy atom. The van der Waals surface area contributed by atoms with Crippen LogP contribution in [0.25, 0.3) is 5.69 Å². The molecule has 0 fully saturated rings. The Balaban J connectivity index is 1.53. The van der Waals surface area contributed by atoms with Crippen LogP contribution in [0, 0.1) is 0 Å². The van der Waals surface area contributed by atoms with Crippen LogP contribution in [0.5, 0.6) is 0 Å². The van der Waals surface area contributed by atoms with Gasteiger partial charge in [0.15, 0.2) is 12.3 Å². The number of benzene rings is 2. The lowest BCUT2D eigenvalue weighted by atomic mass is 10.1. The van der Waals surface area contributed by atoms with Crippen molar-refractivity contribution in [1.82, 2.24) is 20.3 Å². The van der Waals surface area contributed by atoms with Crippen LogP contribution in [0.4, 0.5) is 0 Å². The topological polar surface area (TPSA) is 86.1 Å². The summed E-state index contributed by atoms with van der Waals surface area (Å²) in [6, 6.07) is 16.1. The summed E-state index contributed by atoms with van der Waals surface area (Å²) >= 11 is 5.95. The van der Waals surface area contributed by atoms with Crippen LogP contribution in [0.2, 0.25) is 5.02 Å². The van der Waals surface area contributed by atoms with E-state index in [1.54, 1.807) is 30.3 Å². The molecule has 0 radical (unpaired) electrons. The molecule has 3 rings (SSSR count). The van der Waals surface area contributed by atoms with Crippen LogP contribution >= 0.6 is 11.6 Å². The van der Waals surface area contributed by atoms with E-state index in [1.807, 2.05) is 31.2 Å². The van der Waals surface area contributed by atoms with Gasteiger partial charge in [-0.05, 0) is 36.8 Å². The second-order valence-electron chi connectivity index (χ2n) is 5.78. The number of para-hydroxylation sites is 1. The summed E-state index contributed by atoms with van der Waals surface area (Å²) in [6.45, 7) is 1.40. The molecule has 1 amide bonds. The maximum Gasteiger partial charge on any atom is 0.361 e. The van der Waals surface area contributed by atoms with Gasteiger partial charge in [0.2, 0.25) is 0 Å². The molecule has 138 valence electrons. The number of esters is 1. The molecule has 7 nitrogen and oxygen atoms in total. The van der Waals surface area contributed by atoms with Crippen LogP contribution in [-0.2, 0) is 9.53 Å². The number of amides is 1. The minimum atomic E-state index is -0.720. The van der Waals surface area contributed by atoms with Crippen molar-refractivity contribution in [3.63, 3.8) is 0 Å². The Labute approximate surface area is 160 Å². The standard InChI is InChI=1S/C19H17ClN4O3/c1-13(14-6-5-7-15(20)10-14)22-18(25)12-27-19(26)17-11-21-24(23-17)16-8-3-2-4-9-16/h2-11,13H,12H2,1H3,(H,22,25). The molecule has 0 spiro atoms. The number of carbonyl (C=O) groups excluding carboxylic acids is 2. The van der Waals surface area contributed by atoms with Crippen molar-refractivity contribution in [2.45, 2.75) is 13.0 Å². The van der Waals surface area contributed by atoms with Gasteiger partial charge in [0, 0.05) is 5.02 Å². The van der Waals surface area contributed by atoms with Crippen molar-refractivity contribution in [2.24, 2.45) is 0 Å². The second kappa shape index (κ2) is 8.46. The van der Waals surface area contributed by atoms with Gasteiger partial charge in [-0.2, -0.15) is 9.90 Å². The molecule has 1 unspecified atom stereocenters. The molecule has 0 aliphatic carbocycles. The third kappa shape index (κ3) is 4.92. The number of aromatic nitrogens is 3. The van der Waals surface area contributed by atoms with Gasteiger partial charge in [0.1, 0.15) is 0 Å². The number of hydrogen-bond acceptors (Lipinski definition) is 5. The van der Waals surface area contributed by atoms with Gasteiger partial charge in [-0.3, -0.25) is 4.79 Å². The van der Waals surface area contributed by atoms with E-state index in [2.05, 4.69) is 15.5 Å². The molecule has 1 heterocycles. The Bertz CT molecular complexity index is 943. The normalized spacial score (nSPS) is 11.6. The number of carbonyl (C=O) groups is 2. The van der Waals surface area contributed by atoms with E-state index in [1.165, 1.54) is 11.0 Å². The molecular formula is C19H17ClN4O3. The van der Waals surface area contributed by atoms with Gasteiger partial charge in [-0.1, -0.05) is 41.9 Å². The molecule has 3 aromatic rings. The molecular weight excluding hydrogens is 368 g/mol. The number of nitrogens with one attached hydrogen (secondary N) is 1. The smallest absolute Gasteiger partial charge is 0.361 e. The number of hydrogen-bond donors (Lipinski definition) is 1. The second-order valence-corrected chi connectivity index (χ2v) is 6.21. The zero-order chi connectivity index (χ0) is 19.2. The molecule has 0 bridgehead atoms. The van der Waals surface area contributed by atoms with Crippen LogP contribution in [-0.4, -0.2) is 33.5 Å². The fourth-order valence-corrected chi connectivity index (χ4v) is 2.59. The van der Waals surface area contributed by atoms with Gasteiger partial charge in [0.05, 0.1) is 17.9 Å². The van der Waals surface area contributed by atoms with Gasteiger partial charge in [0.25, 0.3) is 5.91 Å². The van der Waals surface area contributed by atoms with Crippen LogP contribution in [0.1, 0.15) is 29.0 Å². The molecule has 1 N–H and O–H groups in total. The van der Waals surface area contributed by atoms with Gasteiger partial charge in [-0.15, -0.1) is 5.10 Å². The highest BCUT2D eigenvalue weighted by atomic mass is 35.5. The first-order chi connectivity index (χ1) is 13.0. The predicted octanol–water partition coefficient (Wildman–Crippen LogP) is 2.95. The lowest BCUT2D eigenvalue weighted by Gasteiger charge is -2.14. The summed E-state index contributed by atoms with van der Waals surface area (Å²) in [7, 11) is 0. The molecule has 0 saturated heterocycles. The molecule has 27 heavy (non-hydrogen) atoms. The average molecular weight is 385 g/mol. The van der Waals surface area contributed by atoms with Crippen molar-refractivity contribution in [3.8, 4) is 5.69 Å². The number of halogens is 1. The highest BCUT2D eigenvalue weighted by molar-refractivity contribution is 6.30. The maximum absolute atomic E-state index is 12.1. The summed E-state index contributed by atoms with van der Waals surface area (Å²) in [6.07, 6.45) is 1.29. The molecule has 0 saturated carbocycles. The van der Waals surface area contributed by atoms with E-state index in [4.69, 9.17) is 16.3 Å². The third-order valence-corrected chi connectivity index (χ3v) is 3.98. The summed E-state index contributed by atoms with van der Waals surface area (Å²) in [5.74, 6) is -1.14. The third-order valence-electron chi connectivity index (χ3n) is 3.75. The predicted molar refractivity (Wildman–Crippen MR) is 99.7 cm³/mol. The number of rotatable bonds is 6. The first-order valence-electron chi connectivity index (χ1n) is 8.22. The van der Waals surface area contributed by atoms with Crippen molar-refractivity contribution in [1.29, 1.82) is 0 Å². The Hall–Kier alpha value is -3.19. The van der Waals surface area contributed by atoms with Crippen LogP contribution in [0.3, 0.4) is 0 Å². The van der Waals surface area contributed by atoms with Gasteiger partial charge in [-0.25, -0.2) is 4.79 Å². The fraction of sp³-hybridized carbons (Fsp3) is 0.158. The summed E-state index contributed by atoms with van der Waals surface area (Å²) < 4.78 is 5.01. The molecule has 0 aliphatic rings. The van der Waals surface area contributed by atoms with Gasteiger partial charge >= 0.3 is 5.97 Å². The fourth-order valence-electron chi connectivity index (χ4n) is 2.39. The first-order valence-corrected chi connectivity index (χ1v) is 8.60. The Morgan fingerprint density at radius 1 is 1.19 bits per heavy atom. The van der Waals surface area contributed by atoms with E-state index >= 15 is 0 Å². The molecule has 2 aromatic carbocycles. The molecule has 1 atom stereocenters. The maximum atomic E-state index is 12.1. The monoisotopic (exact) mass is 384 g/mol. The number of nitrogens with zero attached hydrogens (tertiary/aromatic N) is 3. The van der Waals surface area contributed by atoms with Crippen molar-refractivity contribution < 1.29 is 14.3 Å². The zero-order valence-corrected chi connectivity index (χ0v) is 15.3. The minimum absolute atomic E-state index is 0.0227. The van der Waals surface area contributed by atoms with E-state index in [-0.39, 0.29) is 11.7 Å². The van der Waals surface area contributed by atoms with Crippen LogP contribution in [0.15, 0.2) is 60.8 Å². The Morgan fingerprint density at radius 2 is 1.96 bits per heavy atom. The van der Waals surface area contributed by atoms with E-state index < -0.39 is 18.5 Å². The highest BCUT2D eigenvalue weighted by Crippen LogP contribution is 2.17. The zero-order valence-electron chi connectivity index (χ0n) is 14.5. The first kappa shape index (κ1) is 18.6. The SMILES string of the molecule is CC(NC(=O)COC(=O)c1cnn(-c2ccccc2)n1)c1cccc(Cl)c1.